The smallest absolute Gasteiger partial charge is 0.486 e. The Morgan fingerprint density at radius 2 is 1.57 bits per heavy atom. The molecule has 79 heavy (non-hydrogen) atoms. The highest BCUT2D eigenvalue weighted by atomic mass is 32.1. The maximum absolute atomic E-state index is 13.7. The molecule has 4 aromatic rings. The molecule has 8 N–H and O–H groups in total. The van der Waals surface area contributed by atoms with Crippen molar-refractivity contribution in [3.05, 3.63) is 74.9 Å². The van der Waals surface area contributed by atoms with Crippen molar-refractivity contribution in [1.29, 1.82) is 0 Å². The molecule has 2 aromatic heterocycles. The number of imide groups is 1. The number of rotatable bonds is 23. The molecule has 0 bridgehead atoms. The first-order valence-electron chi connectivity index (χ1n) is 26.6. The summed E-state index contributed by atoms with van der Waals surface area (Å²) >= 11 is 5.99. The number of urea groups is 1. The van der Waals surface area contributed by atoms with Gasteiger partial charge in [0.15, 0.2) is 23.9 Å². The Morgan fingerprint density at radius 3 is 2.27 bits per heavy atom. The van der Waals surface area contributed by atoms with E-state index in [9.17, 15) is 48.3 Å². The second kappa shape index (κ2) is 25.2. The number of nitrogens with one attached hydrogen (secondary N) is 5. The van der Waals surface area contributed by atoms with Gasteiger partial charge in [0, 0.05) is 68.0 Å². The van der Waals surface area contributed by atoms with Gasteiger partial charge >= 0.3 is 12.2 Å². The quantitative estimate of drug-likeness (QED) is 0.0207. The largest absolute Gasteiger partial charge is 0.509 e. The summed E-state index contributed by atoms with van der Waals surface area (Å²) in [5.74, 6) is -2.14. The van der Waals surface area contributed by atoms with E-state index in [1.165, 1.54) is 4.90 Å². The van der Waals surface area contributed by atoms with E-state index in [-0.39, 0.29) is 94.1 Å². The van der Waals surface area contributed by atoms with Crippen LogP contribution in [0.5, 0.6) is 11.5 Å². The topological polar surface area (TPSA) is 318 Å². The summed E-state index contributed by atoms with van der Waals surface area (Å²) in [6.07, 6.45) is 2.17. The van der Waals surface area contributed by atoms with E-state index >= 15 is 0 Å². The van der Waals surface area contributed by atoms with Crippen LogP contribution in [0.4, 0.5) is 15.3 Å². The fraction of sp³-hybridized carbons (Fsp3) is 0.473. The van der Waals surface area contributed by atoms with E-state index < -0.39 is 54.2 Å². The molecule has 3 aliphatic heterocycles. The molecule has 1 saturated heterocycles. The van der Waals surface area contributed by atoms with Crippen LogP contribution in [-0.4, -0.2) is 118 Å². The summed E-state index contributed by atoms with van der Waals surface area (Å²) in [6, 6.07) is 8.85. The van der Waals surface area contributed by atoms with Gasteiger partial charge in [-0.05, 0) is 91.0 Å². The number of nitrogens with zero attached hydrogens (tertiary/aromatic N) is 3. The standard InChI is InChI=1S/C55H65N9O14S/c1-4-55(74)37-24-40-49-36(27-64(40)52(79)33(37)15-16-43(55)65)35(34-23-41-42(25-39(34)60-49)76-22-21-75-41)26-58-45(67)29-78-54(73)77-28-31-11-13-32(14-12-31)59-50(70)38(9-8-19-57-53(56)72)61-51(71)48(30(2)3)62-44(66)10-6-5-7-20-63-46(68)17-18-47(63)69/h11-14,23-25,30,38,48,74H,4-10,15-22,26-29H2,1-3H3,(H,58,67)(H,59,70)(H,61,71)(H,62,66)(H3,56,57,72)/t38-,48-,55-/m0/s1. The van der Waals surface area contributed by atoms with E-state index in [0.29, 0.717) is 113 Å². The molecular weight excluding hydrogens is 1040 g/mol. The van der Waals surface area contributed by atoms with Crippen LogP contribution in [-0.2, 0) is 74.8 Å². The first kappa shape index (κ1) is 57.2. The van der Waals surface area contributed by atoms with Crippen LogP contribution in [0, 0.1) is 10.6 Å². The monoisotopic (exact) mass is 1110 g/mol. The number of nitrogens with two attached hydrogens (primary N) is 1. The van der Waals surface area contributed by atoms with Gasteiger partial charge in [-0.3, -0.25) is 38.5 Å². The summed E-state index contributed by atoms with van der Waals surface area (Å²) in [5, 5.41) is 25.8. The summed E-state index contributed by atoms with van der Waals surface area (Å²) < 4.78 is 24.6. The van der Waals surface area contributed by atoms with Crippen molar-refractivity contribution in [2.24, 2.45) is 11.7 Å². The molecule has 0 radical (unpaired) electrons. The number of amides is 8. The number of pyridine rings is 2. The number of likely N-dealkylation sites (tertiary alicyclic amines) is 1. The number of fused-ring (bicyclic) bond motifs is 6. The predicted molar refractivity (Wildman–Crippen MR) is 287 cm³/mol. The van der Waals surface area contributed by atoms with Crippen molar-refractivity contribution in [2.45, 2.75) is 129 Å². The summed E-state index contributed by atoms with van der Waals surface area (Å²) in [6.45, 7) is 5.79. The summed E-state index contributed by atoms with van der Waals surface area (Å²) in [5.41, 5.74) is 8.84. The number of benzene rings is 2. The number of carbonyl (C=O) groups excluding carboxylic acids is 9. The van der Waals surface area contributed by atoms with Crippen molar-refractivity contribution >= 4 is 82.2 Å². The number of hydrogen-bond donors (Lipinski definition) is 7. The van der Waals surface area contributed by atoms with Crippen LogP contribution >= 0.6 is 12.2 Å². The lowest BCUT2D eigenvalue weighted by molar-refractivity contribution is -0.140. The number of ketones is 1. The predicted octanol–water partition coefficient (Wildman–Crippen LogP) is 4.37. The minimum atomic E-state index is -1.68. The Kier molecular flexibility index (Phi) is 18.2. The number of primary amides is 1. The number of unbranched alkanes of at least 4 members (excludes halogenated alkanes) is 2. The minimum Gasteiger partial charge on any atom is -0.486 e. The fourth-order valence-electron chi connectivity index (χ4n) is 10.2. The highest BCUT2D eigenvalue weighted by molar-refractivity contribution is 7.71. The Labute approximate surface area is 460 Å². The van der Waals surface area contributed by atoms with Crippen LogP contribution in [0.2, 0.25) is 0 Å². The van der Waals surface area contributed by atoms with Crippen LogP contribution in [0.3, 0.4) is 0 Å². The van der Waals surface area contributed by atoms with Gasteiger partial charge in [-0.15, -0.1) is 0 Å². The number of aliphatic hydroxyl groups is 1. The van der Waals surface area contributed by atoms with Gasteiger partial charge in [-0.2, -0.15) is 0 Å². The second-order valence-corrected chi connectivity index (χ2v) is 20.6. The molecule has 5 heterocycles. The molecule has 0 saturated carbocycles. The molecule has 420 valence electrons. The van der Waals surface area contributed by atoms with Gasteiger partial charge < -0.3 is 60.9 Å². The number of aromatic nitrogens is 2. The number of anilines is 1. The number of Topliss-reactive ketones (excluding diaryl/α,β-unsaturated/α-hetero) is 1. The first-order chi connectivity index (χ1) is 37.8. The fourth-order valence-corrected chi connectivity index (χ4v) is 10.6. The molecule has 0 unspecified atom stereocenters. The Hall–Kier alpha value is -7.99. The van der Waals surface area contributed by atoms with E-state index in [2.05, 4.69) is 26.6 Å². The SMILES string of the molecule is CC[C@@]1(O)C(=O)CCc2c1cc1n(c2=S)Cc2c-1nc1cc3c(cc1c2CNC(=O)COC(=O)OCc1ccc(NC(=O)[C@H](CCCNC(N)=O)NC(=O)[C@@H](NC(=O)CCCCCN2C(=O)CCC2=O)C(C)C)cc1)OCCO3. The molecule has 2 aromatic carbocycles. The highest BCUT2D eigenvalue weighted by Crippen LogP contribution is 2.44. The molecular formula is C55H65N9O14S. The molecule has 4 aliphatic rings. The molecule has 8 rings (SSSR count). The summed E-state index contributed by atoms with van der Waals surface area (Å²) in [7, 11) is 0. The maximum atomic E-state index is 13.7. The van der Waals surface area contributed by atoms with E-state index in [1.54, 1.807) is 57.2 Å². The number of carbonyl (C=O) groups is 9. The average Bonchev–Trinajstić information content (AvgIpc) is 4.23. The van der Waals surface area contributed by atoms with Crippen LogP contribution in [0.25, 0.3) is 22.3 Å². The van der Waals surface area contributed by atoms with Crippen molar-refractivity contribution < 1.29 is 67.2 Å². The lowest BCUT2D eigenvalue weighted by Crippen LogP contribution is -2.54. The van der Waals surface area contributed by atoms with Gasteiger partial charge in [0.1, 0.15) is 42.1 Å². The third kappa shape index (κ3) is 13.3. The maximum Gasteiger partial charge on any atom is 0.509 e. The van der Waals surface area contributed by atoms with E-state index in [0.717, 1.165) is 11.1 Å². The first-order valence-corrected chi connectivity index (χ1v) is 27.0. The zero-order valence-electron chi connectivity index (χ0n) is 44.3. The molecule has 1 fully saturated rings. The van der Waals surface area contributed by atoms with Crippen LogP contribution in [0.1, 0.15) is 113 Å². The Bertz CT molecular complexity index is 3130. The molecule has 23 nitrogen and oxygen atoms in total. The van der Waals surface area contributed by atoms with Crippen molar-refractivity contribution in [3.63, 3.8) is 0 Å². The van der Waals surface area contributed by atoms with Gasteiger partial charge in [0.2, 0.25) is 29.5 Å². The van der Waals surface area contributed by atoms with E-state index in [4.69, 9.17) is 41.9 Å². The zero-order valence-corrected chi connectivity index (χ0v) is 45.1. The molecule has 24 heteroatoms. The highest BCUT2D eigenvalue weighted by Gasteiger charge is 2.43. The molecule has 3 atom stereocenters. The second-order valence-electron chi connectivity index (χ2n) is 20.2. The summed E-state index contributed by atoms with van der Waals surface area (Å²) in [4.78, 5) is 121. The number of hydrogen-bond acceptors (Lipinski definition) is 16. The van der Waals surface area contributed by atoms with Gasteiger partial charge in [0.05, 0.1) is 23.4 Å². The van der Waals surface area contributed by atoms with Crippen molar-refractivity contribution in [1.82, 2.24) is 35.7 Å². The van der Waals surface area contributed by atoms with Crippen molar-refractivity contribution in [3.8, 4) is 22.9 Å². The lowest BCUT2D eigenvalue weighted by atomic mass is 9.77. The Balaban J connectivity index is 0.838. The molecule has 8 amide bonds. The third-order valence-electron chi connectivity index (χ3n) is 14.5. The molecule has 1 aliphatic carbocycles. The van der Waals surface area contributed by atoms with E-state index in [1.807, 2.05) is 10.6 Å². The minimum absolute atomic E-state index is 0.00547. The van der Waals surface area contributed by atoms with Gasteiger partial charge in [-0.1, -0.05) is 51.5 Å². The molecule has 0 spiro atoms. The third-order valence-corrected chi connectivity index (χ3v) is 15.0. The average molecular weight is 1110 g/mol. The van der Waals surface area contributed by atoms with Gasteiger partial charge in [0.25, 0.3) is 5.91 Å². The Morgan fingerprint density at radius 1 is 0.848 bits per heavy atom. The number of ether oxygens (including phenoxy) is 4. The van der Waals surface area contributed by atoms with Gasteiger partial charge in [-0.25, -0.2) is 14.6 Å². The van der Waals surface area contributed by atoms with Crippen molar-refractivity contribution in [2.75, 3.05) is 38.2 Å². The normalized spacial score (nSPS) is 16.8. The van der Waals surface area contributed by atoms with Crippen LogP contribution < -0.4 is 41.8 Å². The van der Waals surface area contributed by atoms with Crippen LogP contribution in [0.15, 0.2) is 42.5 Å². The lowest BCUT2D eigenvalue weighted by Gasteiger charge is -2.33. The zero-order chi connectivity index (χ0) is 56.5.